The van der Waals surface area contributed by atoms with Gasteiger partial charge in [0.15, 0.2) is 6.61 Å². The Morgan fingerprint density at radius 3 is 2.58 bits per heavy atom. The molecule has 0 aromatic heterocycles. The topological polar surface area (TPSA) is 91.2 Å². The second kappa shape index (κ2) is 9.51. The van der Waals surface area contributed by atoms with Crippen LogP contribution in [-0.4, -0.2) is 40.6 Å². The van der Waals surface area contributed by atoms with E-state index in [9.17, 15) is 15.0 Å². The highest BCUT2D eigenvalue weighted by molar-refractivity contribution is 5.96. The molecule has 3 N–H and O–H groups in total. The molecule has 3 saturated carbocycles. The van der Waals surface area contributed by atoms with E-state index in [2.05, 4.69) is 37.3 Å². The minimum Gasteiger partial charge on any atom is -0.508 e. The number of allylic oxidation sites excluding steroid dienone is 2. The third kappa shape index (κ3) is 4.46. The number of fused-ring (bicyclic) bond motifs is 5. The predicted octanol–water partition coefficient (Wildman–Crippen LogP) is 5.14. The van der Waals surface area contributed by atoms with Gasteiger partial charge in [0, 0.05) is 6.54 Å². The number of nitrogens with zero attached hydrogens (tertiary/aromatic N) is 1. The standard InChI is InChI=1S/C30H42N2O4/c1-28-14-10-22(32-36-19-27(34)31-17-13-20-4-7-23(33)8-5-20)18-21(28)6-9-24-25(28)11-15-29(2)26(24)12-16-30(29,3)35/h4-5,7-8,18,24-26,33,35H,6,9-17,19H2,1-3H3,(H,31,34)/b32-22-/t24-,25+,26+,28+,29+,30+/m1/s1. The zero-order valence-electron chi connectivity index (χ0n) is 22.1. The number of phenols is 1. The third-order valence-corrected chi connectivity index (χ3v) is 10.6. The van der Waals surface area contributed by atoms with E-state index in [0.717, 1.165) is 49.8 Å². The quantitative estimate of drug-likeness (QED) is 0.478. The minimum absolute atomic E-state index is 0.0610. The highest BCUT2D eigenvalue weighted by atomic mass is 16.6. The SMILES string of the molecule is C[C@]12CC/C(=N/OCC(=O)NCCc3ccc(O)cc3)C=C1CC[C@@H]1[C@@H]2CC[C@@]2(C)[C@H]1CC[C@]2(C)O. The second-order valence-electron chi connectivity index (χ2n) is 12.4. The van der Waals surface area contributed by atoms with Crippen LogP contribution in [0.1, 0.15) is 77.7 Å². The van der Waals surface area contributed by atoms with E-state index in [0.29, 0.717) is 30.7 Å². The van der Waals surface area contributed by atoms with E-state index in [1.165, 1.54) is 18.4 Å². The Bertz CT molecular complexity index is 1050. The van der Waals surface area contributed by atoms with Crippen LogP contribution in [0.5, 0.6) is 5.75 Å². The first kappa shape index (κ1) is 25.3. The molecule has 1 aromatic rings. The van der Waals surface area contributed by atoms with Gasteiger partial charge < -0.3 is 20.4 Å². The van der Waals surface area contributed by atoms with Gasteiger partial charge in [-0.3, -0.25) is 4.79 Å². The summed E-state index contributed by atoms with van der Waals surface area (Å²) in [5.41, 5.74) is 3.25. The van der Waals surface area contributed by atoms with Gasteiger partial charge in [-0.1, -0.05) is 36.7 Å². The maximum absolute atomic E-state index is 12.1. The van der Waals surface area contributed by atoms with Crippen LogP contribution in [0, 0.1) is 28.6 Å². The molecule has 0 radical (unpaired) electrons. The lowest BCUT2D eigenvalue weighted by Crippen LogP contribution is -2.53. The number of aliphatic hydroxyl groups is 1. The highest BCUT2D eigenvalue weighted by Gasteiger charge is 2.62. The fourth-order valence-electron chi connectivity index (χ4n) is 8.12. The van der Waals surface area contributed by atoms with Gasteiger partial charge in [-0.15, -0.1) is 0 Å². The first-order chi connectivity index (χ1) is 17.1. The summed E-state index contributed by atoms with van der Waals surface area (Å²) in [6.07, 6.45) is 11.7. The Hall–Kier alpha value is -2.34. The molecular weight excluding hydrogens is 452 g/mol. The largest absolute Gasteiger partial charge is 0.508 e. The van der Waals surface area contributed by atoms with Gasteiger partial charge in [0.25, 0.3) is 5.91 Å². The number of oxime groups is 1. The van der Waals surface area contributed by atoms with Crippen LogP contribution in [0.3, 0.4) is 0 Å². The zero-order chi connectivity index (χ0) is 25.6. The van der Waals surface area contributed by atoms with Gasteiger partial charge in [0.1, 0.15) is 5.75 Å². The number of nitrogens with one attached hydrogen (secondary N) is 1. The van der Waals surface area contributed by atoms with E-state index in [1.807, 2.05) is 12.1 Å². The van der Waals surface area contributed by atoms with Crippen LogP contribution < -0.4 is 5.32 Å². The Morgan fingerprint density at radius 2 is 1.81 bits per heavy atom. The van der Waals surface area contributed by atoms with Gasteiger partial charge in [-0.2, -0.15) is 0 Å². The molecule has 5 rings (SSSR count). The van der Waals surface area contributed by atoms with Crippen molar-refractivity contribution in [1.82, 2.24) is 5.32 Å². The lowest BCUT2D eigenvalue weighted by Gasteiger charge is -2.59. The predicted molar refractivity (Wildman–Crippen MR) is 141 cm³/mol. The van der Waals surface area contributed by atoms with Gasteiger partial charge in [0.2, 0.25) is 0 Å². The van der Waals surface area contributed by atoms with Crippen molar-refractivity contribution in [3.63, 3.8) is 0 Å². The van der Waals surface area contributed by atoms with Crippen molar-refractivity contribution in [2.45, 2.75) is 84.2 Å². The van der Waals surface area contributed by atoms with Crippen LogP contribution in [0.25, 0.3) is 0 Å². The van der Waals surface area contributed by atoms with E-state index in [4.69, 9.17) is 4.84 Å². The molecule has 1 amide bonds. The van der Waals surface area contributed by atoms with E-state index >= 15 is 0 Å². The smallest absolute Gasteiger partial charge is 0.260 e. The number of carbonyl (C=O) groups excluding carboxylic acids is 1. The molecule has 0 saturated heterocycles. The monoisotopic (exact) mass is 494 g/mol. The van der Waals surface area contributed by atoms with Crippen molar-refractivity contribution in [3.05, 3.63) is 41.5 Å². The van der Waals surface area contributed by atoms with Crippen LogP contribution in [-0.2, 0) is 16.1 Å². The molecule has 0 spiro atoms. The molecule has 3 fully saturated rings. The lowest BCUT2D eigenvalue weighted by atomic mass is 9.46. The van der Waals surface area contributed by atoms with Gasteiger partial charge >= 0.3 is 0 Å². The fraction of sp³-hybridized carbons (Fsp3) is 0.667. The lowest BCUT2D eigenvalue weighted by molar-refractivity contribution is -0.125. The number of carbonyl (C=O) groups is 1. The summed E-state index contributed by atoms with van der Waals surface area (Å²) in [6, 6.07) is 7.00. The molecule has 4 aliphatic carbocycles. The number of phenolic OH excluding ortho intramolecular Hbond substituents is 1. The average molecular weight is 495 g/mol. The maximum atomic E-state index is 12.1. The Balaban J connectivity index is 1.15. The molecule has 0 unspecified atom stereocenters. The van der Waals surface area contributed by atoms with Crippen LogP contribution in [0.15, 0.2) is 41.1 Å². The van der Waals surface area contributed by atoms with E-state index in [-0.39, 0.29) is 29.1 Å². The molecule has 196 valence electrons. The minimum atomic E-state index is -0.527. The number of hydrogen-bond donors (Lipinski definition) is 3. The number of rotatable bonds is 6. The van der Waals surface area contributed by atoms with Crippen molar-refractivity contribution in [2.75, 3.05) is 13.2 Å². The highest BCUT2D eigenvalue weighted by Crippen LogP contribution is 2.67. The molecule has 6 nitrogen and oxygen atoms in total. The molecule has 36 heavy (non-hydrogen) atoms. The Kier molecular flexibility index (Phi) is 6.69. The van der Waals surface area contributed by atoms with Crippen molar-refractivity contribution in [2.24, 2.45) is 33.7 Å². The molecular formula is C30H42N2O4. The number of hydrogen-bond acceptors (Lipinski definition) is 5. The summed E-state index contributed by atoms with van der Waals surface area (Å²) in [5.74, 6) is 2.09. The average Bonchev–Trinajstić information content (AvgIpc) is 3.09. The maximum Gasteiger partial charge on any atom is 0.260 e. The van der Waals surface area contributed by atoms with Crippen molar-refractivity contribution in [1.29, 1.82) is 0 Å². The van der Waals surface area contributed by atoms with Crippen molar-refractivity contribution in [3.8, 4) is 5.75 Å². The van der Waals surface area contributed by atoms with E-state index < -0.39 is 5.60 Å². The Labute approximate surface area is 215 Å². The van der Waals surface area contributed by atoms with Crippen molar-refractivity contribution >= 4 is 11.6 Å². The van der Waals surface area contributed by atoms with E-state index in [1.54, 1.807) is 12.1 Å². The number of benzene rings is 1. The summed E-state index contributed by atoms with van der Waals surface area (Å²) in [7, 11) is 0. The zero-order valence-corrected chi connectivity index (χ0v) is 22.1. The molecule has 6 heteroatoms. The fourth-order valence-corrected chi connectivity index (χ4v) is 8.12. The summed E-state index contributed by atoms with van der Waals surface area (Å²) in [4.78, 5) is 17.6. The summed E-state index contributed by atoms with van der Waals surface area (Å²) in [5, 5.41) is 27.7. The van der Waals surface area contributed by atoms with Crippen LogP contribution in [0.4, 0.5) is 0 Å². The third-order valence-electron chi connectivity index (χ3n) is 10.6. The Morgan fingerprint density at radius 1 is 1.06 bits per heavy atom. The molecule has 0 aliphatic heterocycles. The van der Waals surface area contributed by atoms with Gasteiger partial charge in [-0.05, 0) is 117 Å². The number of aromatic hydroxyl groups is 1. The molecule has 0 heterocycles. The second-order valence-corrected chi connectivity index (χ2v) is 12.4. The summed E-state index contributed by atoms with van der Waals surface area (Å²) < 4.78 is 0. The molecule has 6 atom stereocenters. The summed E-state index contributed by atoms with van der Waals surface area (Å²) >= 11 is 0. The van der Waals surface area contributed by atoms with Crippen LogP contribution in [0.2, 0.25) is 0 Å². The van der Waals surface area contributed by atoms with Gasteiger partial charge in [-0.25, -0.2) is 0 Å². The molecule has 1 aromatic carbocycles. The first-order valence-corrected chi connectivity index (χ1v) is 13.8. The number of amides is 1. The molecule has 4 aliphatic rings. The first-order valence-electron chi connectivity index (χ1n) is 13.8. The van der Waals surface area contributed by atoms with Gasteiger partial charge in [0.05, 0.1) is 11.3 Å². The van der Waals surface area contributed by atoms with Crippen LogP contribution >= 0.6 is 0 Å². The van der Waals surface area contributed by atoms with Crippen molar-refractivity contribution < 1.29 is 19.8 Å². The summed E-state index contributed by atoms with van der Waals surface area (Å²) in [6.45, 7) is 7.32. The molecule has 0 bridgehead atoms. The normalized spacial score (nSPS) is 38.5.